The van der Waals surface area contributed by atoms with Gasteiger partial charge in [0.15, 0.2) is 6.10 Å². The molecule has 2 amide bonds. The van der Waals surface area contributed by atoms with Crippen molar-refractivity contribution in [3.05, 3.63) is 29.8 Å². The molecule has 0 aliphatic carbocycles. The number of hydrogen-bond donors (Lipinski definition) is 3. The molecule has 0 saturated heterocycles. The van der Waals surface area contributed by atoms with Gasteiger partial charge in [0.05, 0.1) is 6.54 Å². The van der Waals surface area contributed by atoms with Gasteiger partial charge >= 0.3 is 12.0 Å². The zero-order chi connectivity index (χ0) is 14.4. The zero-order valence-corrected chi connectivity index (χ0v) is 11.0. The van der Waals surface area contributed by atoms with Gasteiger partial charge in [0.2, 0.25) is 0 Å². The molecule has 0 radical (unpaired) electrons. The maximum atomic E-state index is 11.9. The number of aliphatic hydroxyl groups is 1. The molecule has 1 aromatic rings. The summed E-state index contributed by atoms with van der Waals surface area (Å²) in [5.74, 6) is -1.36. The maximum Gasteiger partial charge on any atom is 0.334 e. The summed E-state index contributed by atoms with van der Waals surface area (Å²) in [6.45, 7) is 3.86. The van der Waals surface area contributed by atoms with E-state index in [1.807, 2.05) is 32.0 Å². The summed E-state index contributed by atoms with van der Waals surface area (Å²) in [5, 5.41) is 20.0. The van der Waals surface area contributed by atoms with Crippen molar-refractivity contribution in [3.8, 4) is 0 Å². The molecule has 1 rings (SSSR count). The zero-order valence-electron chi connectivity index (χ0n) is 11.0. The molecule has 1 unspecified atom stereocenters. The summed E-state index contributed by atoms with van der Waals surface area (Å²) in [6, 6.07) is 6.98. The Morgan fingerprint density at radius 2 is 2.11 bits per heavy atom. The molecule has 104 valence electrons. The van der Waals surface area contributed by atoms with Gasteiger partial charge in [0, 0.05) is 12.2 Å². The van der Waals surface area contributed by atoms with Crippen molar-refractivity contribution in [2.75, 3.05) is 18.0 Å². The molecule has 19 heavy (non-hydrogen) atoms. The number of carboxylic acids is 1. The van der Waals surface area contributed by atoms with Crippen molar-refractivity contribution in [1.29, 1.82) is 0 Å². The SMILES string of the molecule is CCN(C(=O)NCC(O)C(=O)O)c1cccc(C)c1. The number of carbonyl (C=O) groups excluding carboxylic acids is 1. The van der Waals surface area contributed by atoms with E-state index in [1.54, 1.807) is 6.07 Å². The van der Waals surface area contributed by atoms with Crippen LogP contribution in [-0.2, 0) is 4.79 Å². The number of hydrogen-bond acceptors (Lipinski definition) is 3. The van der Waals surface area contributed by atoms with E-state index in [9.17, 15) is 9.59 Å². The summed E-state index contributed by atoms with van der Waals surface area (Å²) >= 11 is 0. The van der Waals surface area contributed by atoms with Gasteiger partial charge in [-0.15, -0.1) is 0 Å². The van der Waals surface area contributed by atoms with Gasteiger partial charge in [0.25, 0.3) is 0 Å². The van der Waals surface area contributed by atoms with Crippen molar-refractivity contribution < 1.29 is 19.8 Å². The first-order chi connectivity index (χ1) is 8.95. The molecule has 0 heterocycles. The summed E-state index contributed by atoms with van der Waals surface area (Å²) < 4.78 is 0. The number of rotatable bonds is 5. The number of anilines is 1. The number of urea groups is 1. The van der Waals surface area contributed by atoms with Crippen molar-refractivity contribution in [2.24, 2.45) is 0 Å². The molecule has 3 N–H and O–H groups in total. The summed E-state index contributed by atoms with van der Waals surface area (Å²) in [6.07, 6.45) is -1.60. The van der Waals surface area contributed by atoms with Crippen LogP contribution in [0, 0.1) is 6.92 Å². The second-order valence-corrected chi connectivity index (χ2v) is 4.12. The number of benzene rings is 1. The van der Waals surface area contributed by atoms with E-state index < -0.39 is 18.1 Å². The van der Waals surface area contributed by atoms with Gasteiger partial charge in [-0.3, -0.25) is 4.90 Å². The van der Waals surface area contributed by atoms with E-state index in [0.29, 0.717) is 6.54 Å². The van der Waals surface area contributed by atoms with E-state index in [2.05, 4.69) is 5.32 Å². The van der Waals surface area contributed by atoms with Crippen LogP contribution >= 0.6 is 0 Å². The first-order valence-corrected chi connectivity index (χ1v) is 5.98. The molecule has 0 aromatic heterocycles. The second-order valence-electron chi connectivity index (χ2n) is 4.12. The predicted molar refractivity (Wildman–Crippen MR) is 71.2 cm³/mol. The van der Waals surface area contributed by atoms with Gasteiger partial charge in [-0.2, -0.15) is 0 Å². The maximum absolute atomic E-state index is 11.9. The predicted octanol–water partition coefficient (Wildman–Crippen LogP) is 0.976. The van der Waals surface area contributed by atoms with Crippen molar-refractivity contribution in [3.63, 3.8) is 0 Å². The van der Waals surface area contributed by atoms with Crippen LogP contribution in [-0.4, -0.2) is 41.4 Å². The Bertz CT molecular complexity index is 462. The van der Waals surface area contributed by atoms with Crippen molar-refractivity contribution in [2.45, 2.75) is 20.0 Å². The highest BCUT2D eigenvalue weighted by Gasteiger charge is 2.18. The third-order valence-corrected chi connectivity index (χ3v) is 2.61. The van der Waals surface area contributed by atoms with Crippen LogP contribution in [0.25, 0.3) is 0 Å². The average Bonchev–Trinajstić information content (AvgIpc) is 2.36. The first kappa shape index (κ1) is 15.0. The topological polar surface area (TPSA) is 89.9 Å². The second kappa shape index (κ2) is 6.75. The Kier molecular flexibility index (Phi) is 5.32. The normalized spacial score (nSPS) is 11.7. The fourth-order valence-corrected chi connectivity index (χ4v) is 1.61. The van der Waals surface area contributed by atoms with Crippen LogP contribution in [0.5, 0.6) is 0 Å². The number of aliphatic carboxylic acids is 1. The lowest BCUT2D eigenvalue weighted by Gasteiger charge is -2.22. The Labute approximate surface area is 111 Å². The standard InChI is InChI=1S/C13H18N2O4/c1-3-15(10-6-4-5-9(2)7-10)13(19)14-8-11(16)12(17)18/h4-7,11,16H,3,8H2,1-2H3,(H,14,19)(H,17,18). The van der Waals surface area contributed by atoms with Gasteiger partial charge in [-0.1, -0.05) is 12.1 Å². The van der Waals surface area contributed by atoms with E-state index in [0.717, 1.165) is 11.3 Å². The fraction of sp³-hybridized carbons (Fsp3) is 0.385. The molecular formula is C13H18N2O4. The van der Waals surface area contributed by atoms with Gasteiger partial charge < -0.3 is 15.5 Å². The average molecular weight is 266 g/mol. The number of amides is 2. The van der Waals surface area contributed by atoms with Crippen molar-refractivity contribution >= 4 is 17.7 Å². The number of carboxylic acid groups (broad SMARTS) is 1. The minimum Gasteiger partial charge on any atom is -0.479 e. The Balaban J connectivity index is 2.70. The van der Waals surface area contributed by atoms with Gasteiger partial charge in [-0.25, -0.2) is 9.59 Å². The molecule has 0 spiro atoms. The smallest absolute Gasteiger partial charge is 0.334 e. The summed E-state index contributed by atoms with van der Waals surface area (Å²) in [4.78, 5) is 23.8. The monoisotopic (exact) mass is 266 g/mol. The van der Waals surface area contributed by atoms with Crippen LogP contribution in [0.15, 0.2) is 24.3 Å². The fourth-order valence-electron chi connectivity index (χ4n) is 1.61. The van der Waals surface area contributed by atoms with Crippen LogP contribution in [0.1, 0.15) is 12.5 Å². The molecular weight excluding hydrogens is 248 g/mol. The minimum absolute atomic E-state index is 0.323. The number of nitrogens with zero attached hydrogens (tertiary/aromatic N) is 1. The summed E-state index contributed by atoms with van der Waals surface area (Å²) in [5.41, 5.74) is 1.75. The van der Waals surface area contributed by atoms with Crippen LogP contribution in [0.3, 0.4) is 0 Å². The molecule has 6 heteroatoms. The number of nitrogens with one attached hydrogen (secondary N) is 1. The summed E-state index contributed by atoms with van der Waals surface area (Å²) in [7, 11) is 0. The lowest BCUT2D eigenvalue weighted by molar-refractivity contribution is -0.146. The molecule has 0 aliphatic rings. The van der Waals surface area contributed by atoms with Crippen LogP contribution in [0.2, 0.25) is 0 Å². The molecule has 0 aliphatic heterocycles. The molecule has 0 fully saturated rings. The molecule has 1 atom stereocenters. The van der Waals surface area contributed by atoms with Crippen LogP contribution < -0.4 is 10.2 Å². The molecule has 0 saturated carbocycles. The Morgan fingerprint density at radius 1 is 1.42 bits per heavy atom. The molecule has 0 bridgehead atoms. The van der Waals surface area contributed by atoms with Gasteiger partial charge in [0.1, 0.15) is 0 Å². The van der Waals surface area contributed by atoms with Gasteiger partial charge in [-0.05, 0) is 31.5 Å². The minimum atomic E-state index is -1.60. The van der Waals surface area contributed by atoms with Crippen molar-refractivity contribution in [1.82, 2.24) is 5.32 Å². The molecule has 1 aromatic carbocycles. The lowest BCUT2D eigenvalue weighted by Crippen LogP contribution is -2.44. The lowest BCUT2D eigenvalue weighted by atomic mass is 10.2. The third-order valence-electron chi connectivity index (χ3n) is 2.61. The highest BCUT2D eigenvalue weighted by molar-refractivity contribution is 5.92. The van der Waals surface area contributed by atoms with E-state index in [1.165, 1.54) is 4.90 Å². The Morgan fingerprint density at radius 3 is 2.63 bits per heavy atom. The van der Waals surface area contributed by atoms with E-state index >= 15 is 0 Å². The highest BCUT2D eigenvalue weighted by atomic mass is 16.4. The third kappa shape index (κ3) is 4.26. The number of carbonyl (C=O) groups is 2. The van der Waals surface area contributed by atoms with E-state index in [-0.39, 0.29) is 6.54 Å². The molecule has 6 nitrogen and oxygen atoms in total. The largest absolute Gasteiger partial charge is 0.479 e. The Hall–Kier alpha value is -2.08. The number of aliphatic hydroxyl groups excluding tert-OH is 1. The quantitative estimate of drug-likeness (QED) is 0.741. The highest BCUT2D eigenvalue weighted by Crippen LogP contribution is 2.15. The number of aryl methyl sites for hydroxylation is 1. The van der Waals surface area contributed by atoms with E-state index in [4.69, 9.17) is 10.2 Å². The first-order valence-electron chi connectivity index (χ1n) is 5.98. The van der Waals surface area contributed by atoms with Crippen LogP contribution in [0.4, 0.5) is 10.5 Å².